The van der Waals surface area contributed by atoms with Crippen molar-refractivity contribution in [2.75, 3.05) is 14.2 Å². The van der Waals surface area contributed by atoms with Crippen molar-refractivity contribution in [3.05, 3.63) is 50.8 Å². The molecule has 2 aromatic rings. The van der Waals surface area contributed by atoms with Gasteiger partial charge in [0.1, 0.15) is 5.75 Å². The summed E-state index contributed by atoms with van der Waals surface area (Å²) >= 11 is 7.01. The topological polar surface area (TPSA) is 34.4 Å². The average Bonchev–Trinajstić information content (AvgIpc) is 2.84. The number of benzene rings is 1. The van der Waals surface area contributed by atoms with Crippen LogP contribution in [0.2, 0.25) is 0 Å². The van der Waals surface area contributed by atoms with Crippen molar-refractivity contribution in [2.24, 2.45) is 0 Å². The number of rotatable bonds is 5. The van der Waals surface area contributed by atoms with E-state index in [9.17, 15) is 0 Å². The first-order valence-electron chi connectivity index (χ1n) is 5.88. The van der Waals surface area contributed by atoms with Crippen molar-refractivity contribution in [3.63, 3.8) is 0 Å². The lowest BCUT2D eigenvalue weighted by molar-refractivity contribution is 0.413. The second-order valence-corrected chi connectivity index (χ2v) is 5.73. The van der Waals surface area contributed by atoms with Gasteiger partial charge in [-0.25, -0.2) is 0 Å². The molecule has 5 heteroatoms. The Morgan fingerprint density at radius 2 is 2.11 bits per heavy atom. The molecule has 0 saturated carbocycles. The van der Waals surface area contributed by atoms with Gasteiger partial charge in [-0.3, -0.25) is 0 Å². The number of ether oxygens (including phenoxy) is 1. The van der Waals surface area contributed by atoms with E-state index >= 15 is 0 Å². The third-order valence-electron chi connectivity index (χ3n) is 3.05. The summed E-state index contributed by atoms with van der Waals surface area (Å²) in [6.45, 7) is 0. The van der Waals surface area contributed by atoms with Crippen LogP contribution in [0.3, 0.4) is 0 Å². The van der Waals surface area contributed by atoms with Crippen LogP contribution >= 0.6 is 31.9 Å². The number of nitrogens with one attached hydrogen (secondary N) is 1. The molecule has 0 fully saturated rings. The van der Waals surface area contributed by atoms with Crippen molar-refractivity contribution in [3.8, 4) is 5.75 Å². The molecule has 1 aromatic carbocycles. The lowest BCUT2D eigenvalue weighted by Crippen LogP contribution is -2.18. The number of methoxy groups -OCH3 is 1. The van der Waals surface area contributed by atoms with Gasteiger partial charge < -0.3 is 14.5 Å². The minimum absolute atomic E-state index is 0.177. The van der Waals surface area contributed by atoms with Gasteiger partial charge in [-0.2, -0.15) is 0 Å². The van der Waals surface area contributed by atoms with Gasteiger partial charge in [0.05, 0.1) is 13.4 Å². The van der Waals surface area contributed by atoms with E-state index in [-0.39, 0.29) is 6.04 Å². The third kappa shape index (κ3) is 3.41. The van der Waals surface area contributed by atoms with Gasteiger partial charge in [0.2, 0.25) is 0 Å². The van der Waals surface area contributed by atoms with E-state index < -0.39 is 0 Å². The Morgan fingerprint density at radius 1 is 1.32 bits per heavy atom. The molecule has 2 rings (SSSR count). The predicted octanol–water partition coefficient (Wildman–Crippen LogP) is 4.32. The maximum atomic E-state index is 5.30. The van der Waals surface area contributed by atoms with Gasteiger partial charge in [0.15, 0.2) is 4.67 Å². The monoisotopic (exact) mass is 387 g/mol. The zero-order valence-corrected chi connectivity index (χ0v) is 13.9. The number of likely N-dealkylation sites (N-methyl/N-ethyl adjacent to an activating group) is 1. The lowest BCUT2D eigenvalue weighted by Gasteiger charge is -2.16. The van der Waals surface area contributed by atoms with E-state index in [1.165, 1.54) is 5.56 Å². The van der Waals surface area contributed by atoms with Crippen LogP contribution in [0, 0.1) is 0 Å². The van der Waals surface area contributed by atoms with Crippen LogP contribution in [0.4, 0.5) is 0 Å². The Morgan fingerprint density at radius 3 is 2.68 bits per heavy atom. The number of hydrogen-bond acceptors (Lipinski definition) is 3. The molecule has 1 heterocycles. The van der Waals surface area contributed by atoms with Crippen molar-refractivity contribution in [2.45, 2.75) is 12.5 Å². The summed E-state index contributed by atoms with van der Waals surface area (Å²) in [4.78, 5) is 0. The van der Waals surface area contributed by atoms with E-state index in [2.05, 4.69) is 37.2 Å². The fourth-order valence-corrected chi connectivity index (χ4v) is 2.90. The molecule has 0 aliphatic carbocycles. The summed E-state index contributed by atoms with van der Waals surface area (Å²) in [6.07, 6.45) is 2.52. The SMILES string of the molecule is CNC(Cc1cc(OC)ccc1Br)c1ccoc1Br. The van der Waals surface area contributed by atoms with Gasteiger partial charge in [-0.05, 0) is 59.2 Å². The maximum Gasteiger partial charge on any atom is 0.173 e. The van der Waals surface area contributed by atoms with E-state index in [1.54, 1.807) is 13.4 Å². The Labute approximate surface area is 129 Å². The molecule has 3 nitrogen and oxygen atoms in total. The molecule has 0 amide bonds. The molecule has 1 atom stereocenters. The first kappa shape index (κ1) is 14.6. The molecule has 19 heavy (non-hydrogen) atoms. The van der Waals surface area contributed by atoms with E-state index in [1.807, 2.05) is 31.3 Å². The second-order valence-electron chi connectivity index (χ2n) is 4.15. The second kappa shape index (κ2) is 6.59. The predicted molar refractivity (Wildman–Crippen MR) is 82.6 cm³/mol. The number of hydrogen-bond donors (Lipinski definition) is 1. The lowest BCUT2D eigenvalue weighted by atomic mass is 10.0. The molecule has 0 radical (unpaired) electrons. The fourth-order valence-electron chi connectivity index (χ4n) is 1.98. The van der Waals surface area contributed by atoms with Gasteiger partial charge >= 0.3 is 0 Å². The first-order valence-corrected chi connectivity index (χ1v) is 7.47. The molecular weight excluding hydrogens is 374 g/mol. The molecule has 0 bridgehead atoms. The Bertz CT molecular complexity index is 554. The highest BCUT2D eigenvalue weighted by Gasteiger charge is 2.17. The summed E-state index contributed by atoms with van der Waals surface area (Å²) in [5, 5.41) is 3.31. The molecule has 1 N–H and O–H groups in total. The van der Waals surface area contributed by atoms with Crippen molar-refractivity contribution >= 4 is 31.9 Å². The van der Waals surface area contributed by atoms with Crippen LogP contribution in [-0.2, 0) is 6.42 Å². The molecule has 0 aliphatic rings. The Hall–Kier alpha value is -0.780. The fraction of sp³-hybridized carbons (Fsp3) is 0.286. The molecular formula is C14H15Br2NO2. The van der Waals surface area contributed by atoms with Crippen LogP contribution in [0.15, 0.2) is 44.1 Å². The normalized spacial score (nSPS) is 12.4. The zero-order valence-electron chi connectivity index (χ0n) is 10.7. The molecule has 0 aliphatic heterocycles. The minimum atomic E-state index is 0.177. The summed E-state index contributed by atoms with van der Waals surface area (Å²) in [6, 6.07) is 8.14. The number of halogens is 2. The highest BCUT2D eigenvalue weighted by Crippen LogP contribution is 2.30. The molecule has 0 saturated heterocycles. The number of furan rings is 1. The molecule has 102 valence electrons. The molecule has 1 unspecified atom stereocenters. The van der Waals surface area contributed by atoms with Crippen molar-refractivity contribution in [1.29, 1.82) is 0 Å². The Kier molecular flexibility index (Phi) is 5.07. The smallest absolute Gasteiger partial charge is 0.173 e. The van der Waals surface area contributed by atoms with Crippen LogP contribution < -0.4 is 10.1 Å². The highest BCUT2D eigenvalue weighted by atomic mass is 79.9. The molecule has 1 aromatic heterocycles. The first-order chi connectivity index (χ1) is 9.15. The van der Waals surface area contributed by atoms with Gasteiger partial charge in [0, 0.05) is 16.1 Å². The summed E-state index contributed by atoms with van der Waals surface area (Å²) in [7, 11) is 3.62. The van der Waals surface area contributed by atoms with E-state index in [4.69, 9.17) is 9.15 Å². The van der Waals surface area contributed by atoms with Crippen LogP contribution in [0.5, 0.6) is 5.75 Å². The Balaban J connectivity index is 2.26. The zero-order chi connectivity index (χ0) is 13.8. The van der Waals surface area contributed by atoms with E-state index in [0.29, 0.717) is 0 Å². The molecule has 0 spiro atoms. The van der Waals surface area contributed by atoms with Gasteiger partial charge in [-0.15, -0.1) is 0 Å². The minimum Gasteiger partial charge on any atom is -0.497 e. The van der Waals surface area contributed by atoms with E-state index in [0.717, 1.165) is 26.9 Å². The standard InChI is InChI=1S/C14H15Br2NO2/c1-17-13(11-5-6-19-14(11)16)8-9-7-10(18-2)3-4-12(9)15/h3-7,13,17H,8H2,1-2H3. The quantitative estimate of drug-likeness (QED) is 0.828. The average molecular weight is 389 g/mol. The van der Waals surface area contributed by atoms with Crippen molar-refractivity contribution < 1.29 is 9.15 Å². The van der Waals surface area contributed by atoms with Gasteiger partial charge in [-0.1, -0.05) is 15.9 Å². The summed E-state index contributed by atoms with van der Waals surface area (Å²) < 4.78 is 12.4. The summed E-state index contributed by atoms with van der Waals surface area (Å²) in [5.41, 5.74) is 2.30. The van der Waals surface area contributed by atoms with Crippen molar-refractivity contribution in [1.82, 2.24) is 5.32 Å². The van der Waals surface area contributed by atoms with Crippen LogP contribution in [0.1, 0.15) is 17.2 Å². The van der Waals surface area contributed by atoms with Gasteiger partial charge in [0.25, 0.3) is 0 Å². The highest BCUT2D eigenvalue weighted by molar-refractivity contribution is 9.10. The third-order valence-corrected chi connectivity index (χ3v) is 4.47. The van der Waals surface area contributed by atoms with Crippen LogP contribution in [-0.4, -0.2) is 14.2 Å². The van der Waals surface area contributed by atoms with Crippen LogP contribution in [0.25, 0.3) is 0 Å². The largest absolute Gasteiger partial charge is 0.497 e. The maximum absolute atomic E-state index is 5.30. The summed E-state index contributed by atoms with van der Waals surface area (Å²) in [5.74, 6) is 0.860.